The molecule has 1 saturated carbocycles. The number of carbonyl (C=O) groups is 1. The van der Waals surface area contributed by atoms with Gasteiger partial charge in [-0.3, -0.25) is 4.79 Å². The summed E-state index contributed by atoms with van der Waals surface area (Å²) < 4.78 is 12.9. The van der Waals surface area contributed by atoms with Crippen LogP contribution in [0.15, 0.2) is 24.3 Å². The Balaban J connectivity index is 1.82. The van der Waals surface area contributed by atoms with Crippen molar-refractivity contribution in [2.75, 3.05) is 18.5 Å². The lowest BCUT2D eigenvalue weighted by Gasteiger charge is -2.41. The van der Waals surface area contributed by atoms with Crippen LogP contribution in [0.3, 0.4) is 0 Å². The Kier molecular flexibility index (Phi) is 3.93. The number of anilines is 1. The molecule has 0 heterocycles. The molecule has 18 heavy (non-hydrogen) atoms. The van der Waals surface area contributed by atoms with E-state index >= 15 is 0 Å². The van der Waals surface area contributed by atoms with E-state index < -0.39 is 0 Å². The van der Waals surface area contributed by atoms with E-state index in [0.717, 1.165) is 19.3 Å². The highest BCUT2D eigenvalue weighted by atomic mass is 19.1. The molecule has 1 fully saturated rings. The third-order valence-corrected chi connectivity index (χ3v) is 3.35. The molecule has 1 aliphatic rings. The summed E-state index contributed by atoms with van der Waals surface area (Å²) in [6.07, 6.45) is 2.84. The summed E-state index contributed by atoms with van der Waals surface area (Å²) in [5, 5.41) is 14.9. The highest BCUT2D eigenvalue weighted by molar-refractivity contribution is 5.92. The average molecular weight is 252 g/mol. The lowest BCUT2D eigenvalue weighted by atomic mass is 9.77. The minimum Gasteiger partial charge on any atom is -0.394 e. The van der Waals surface area contributed by atoms with E-state index in [1.54, 1.807) is 12.1 Å². The van der Waals surface area contributed by atoms with E-state index in [-0.39, 0.29) is 30.4 Å². The normalized spacial score (nSPS) is 17.0. The van der Waals surface area contributed by atoms with Crippen LogP contribution < -0.4 is 10.6 Å². The summed E-state index contributed by atoms with van der Waals surface area (Å²) in [6.45, 7) is 0.164. The standard InChI is InChI=1S/C13H17FN2O2/c14-10-3-1-4-11(7-10)16-12(18)8-15-13(9-17)5-2-6-13/h1,3-4,7,15,17H,2,5-6,8-9H2,(H,16,18). The van der Waals surface area contributed by atoms with Gasteiger partial charge >= 0.3 is 0 Å². The topological polar surface area (TPSA) is 61.4 Å². The van der Waals surface area contributed by atoms with Gasteiger partial charge < -0.3 is 15.7 Å². The molecule has 0 aliphatic heterocycles. The maximum atomic E-state index is 12.9. The SMILES string of the molecule is O=C(CNC1(CO)CCC1)Nc1cccc(F)c1. The summed E-state index contributed by atoms with van der Waals surface area (Å²) in [6, 6.07) is 5.76. The first-order valence-electron chi connectivity index (χ1n) is 6.05. The zero-order valence-corrected chi connectivity index (χ0v) is 10.1. The van der Waals surface area contributed by atoms with Gasteiger partial charge in [0, 0.05) is 11.2 Å². The highest BCUT2D eigenvalue weighted by Crippen LogP contribution is 2.30. The third kappa shape index (κ3) is 3.05. The Hall–Kier alpha value is -1.46. The number of carbonyl (C=O) groups excluding carboxylic acids is 1. The third-order valence-electron chi connectivity index (χ3n) is 3.35. The number of aliphatic hydroxyl groups excluding tert-OH is 1. The lowest BCUT2D eigenvalue weighted by molar-refractivity contribution is -0.116. The van der Waals surface area contributed by atoms with Gasteiger partial charge in [0.1, 0.15) is 5.82 Å². The number of rotatable bonds is 5. The number of amides is 1. The second-order valence-corrected chi connectivity index (χ2v) is 4.70. The number of aliphatic hydroxyl groups is 1. The smallest absolute Gasteiger partial charge is 0.238 e. The minimum atomic E-state index is -0.383. The van der Waals surface area contributed by atoms with Crippen molar-refractivity contribution in [3.63, 3.8) is 0 Å². The molecule has 1 aromatic carbocycles. The van der Waals surface area contributed by atoms with Crippen LogP contribution in [0.1, 0.15) is 19.3 Å². The summed E-state index contributed by atoms with van der Waals surface area (Å²) in [4.78, 5) is 11.6. The molecule has 2 rings (SSSR count). The van der Waals surface area contributed by atoms with Crippen molar-refractivity contribution in [1.29, 1.82) is 0 Å². The van der Waals surface area contributed by atoms with Gasteiger partial charge in [0.25, 0.3) is 0 Å². The van der Waals surface area contributed by atoms with Crippen molar-refractivity contribution in [3.8, 4) is 0 Å². The summed E-state index contributed by atoms with van der Waals surface area (Å²) >= 11 is 0. The van der Waals surface area contributed by atoms with Crippen molar-refractivity contribution < 1.29 is 14.3 Å². The Morgan fingerprint density at radius 1 is 1.44 bits per heavy atom. The predicted molar refractivity (Wildman–Crippen MR) is 66.7 cm³/mol. The van der Waals surface area contributed by atoms with Crippen LogP contribution >= 0.6 is 0 Å². The summed E-state index contributed by atoms with van der Waals surface area (Å²) in [7, 11) is 0. The molecule has 0 aromatic heterocycles. The molecule has 0 bridgehead atoms. The van der Waals surface area contributed by atoms with Gasteiger partial charge in [0.15, 0.2) is 0 Å². The predicted octanol–water partition coefficient (Wildman–Crippen LogP) is 1.27. The second-order valence-electron chi connectivity index (χ2n) is 4.70. The van der Waals surface area contributed by atoms with Gasteiger partial charge in [-0.15, -0.1) is 0 Å². The molecule has 5 heteroatoms. The molecule has 0 radical (unpaired) electrons. The molecule has 98 valence electrons. The summed E-state index contributed by atoms with van der Waals surface area (Å²) in [5.74, 6) is -0.619. The van der Waals surface area contributed by atoms with Crippen molar-refractivity contribution in [2.45, 2.75) is 24.8 Å². The van der Waals surface area contributed by atoms with Crippen molar-refractivity contribution in [3.05, 3.63) is 30.1 Å². The first-order chi connectivity index (χ1) is 8.63. The van der Waals surface area contributed by atoms with Crippen LogP contribution in [-0.4, -0.2) is 29.7 Å². The Labute approximate surface area is 105 Å². The molecule has 1 aromatic rings. The van der Waals surface area contributed by atoms with Gasteiger partial charge in [0.05, 0.1) is 13.2 Å². The molecular weight excluding hydrogens is 235 g/mol. The van der Waals surface area contributed by atoms with E-state index in [1.807, 2.05) is 0 Å². The Bertz CT molecular complexity index is 427. The number of benzene rings is 1. The molecule has 3 N–H and O–H groups in total. The molecule has 0 atom stereocenters. The van der Waals surface area contributed by atoms with Crippen molar-refractivity contribution in [1.82, 2.24) is 5.32 Å². The van der Waals surface area contributed by atoms with Gasteiger partial charge in [-0.25, -0.2) is 4.39 Å². The monoisotopic (exact) mass is 252 g/mol. The number of halogens is 1. The maximum absolute atomic E-state index is 12.9. The van der Waals surface area contributed by atoms with Crippen LogP contribution in [0.2, 0.25) is 0 Å². The van der Waals surface area contributed by atoms with Crippen molar-refractivity contribution in [2.24, 2.45) is 0 Å². The van der Waals surface area contributed by atoms with Gasteiger partial charge in [-0.2, -0.15) is 0 Å². The number of nitrogens with one attached hydrogen (secondary N) is 2. The fourth-order valence-electron chi connectivity index (χ4n) is 2.03. The highest BCUT2D eigenvalue weighted by Gasteiger charge is 2.35. The van der Waals surface area contributed by atoms with E-state index in [1.165, 1.54) is 12.1 Å². The van der Waals surface area contributed by atoms with E-state index in [4.69, 9.17) is 0 Å². The molecule has 0 spiro atoms. The molecule has 4 nitrogen and oxygen atoms in total. The zero-order chi connectivity index (χ0) is 13.0. The number of hydrogen-bond acceptors (Lipinski definition) is 3. The largest absolute Gasteiger partial charge is 0.394 e. The van der Waals surface area contributed by atoms with E-state index in [0.29, 0.717) is 5.69 Å². The lowest BCUT2D eigenvalue weighted by Crippen LogP contribution is -2.55. The first kappa shape index (κ1) is 13.0. The van der Waals surface area contributed by atoms with Crippen LogP contribution in [0.4, 0.5) is 10.1 Å². The zero-order valence-electron chi connectivity index (χ0n) is 10.1. The molecule has 1 amide bonds. The van der Waals surface area contributed by atoms with Crippen LogP contribution in [0, 0.1) is 5.82 Å². The van der Waals surface area contributed by atoms with E-state index in [2.05, 4.69) is 10.6 Å². The maximum Gasteiger partial charge on any atom is 0.238 e. The van der Waals surface area contributed by atoms with E-state index in [9.17, 15) is 14.3 Å². The molecule has 0 saturated heterocycles. The number of hydrogen-bond donors (Lipinski definition) is 3. The van der Waals surface area contributed by atoms with Gasteiger partial charge in [-0.1, -0.05) is 6.07 Å². The molecule has 1 aliphatic carbocycles. The quantitative estimate of drug-likeness (QED) is 0.739. The second kappa shape index (κ2) is 5.46. The van der Waals surface area contributed by atoms with Crippen LogP contribution in [-0.2, 0) is 4.79 Å². The molecule has 0 unspecified atom stereocenters. The fourth-order valence-corrected chi connectivity index (χ4v) is 2.03. The van der Waals surface area contributed by atoms with Crippen LogP contribution in [0.25, 0.3) is 0 Å². The first-order valence-corrected chi connectivity index (χ1v) is 6.05. The fraction of sp³-hybridized carbons (Fsp3) is 0.462. The average Bonchev–Trinajstić information content (AvgIpc) is 2.28. The molecular formula is C13H17FN2O2. The Morgan fingerprint density at radius 2 is 2.22 bits per heavy atom. The summed E-state index contributed by atoms with van der Waals surface area (Å²) in [5.41, 5.74) is 0.146. The van der Waals surface area contributed by atoms with Gasteiger partial charge in [0.2, 0.25) is 5.91 Å². The Morgan fingerprint density at radius 3 is 2.78 bits per heavy atom. The van der Waals surface area contributed by atoms with Crippen LogP contribution in [0.5, 0.6) is 0 Å². The van der Waals surface area contributed by atoms with Gasteiger partial charge in [-0.05, 0) is 37.5 Å². The minimum absolute atomic E-state index is 0.0419. The van der Waals surface area contributed by atoms with Crippen molar-refractivity contribution >= 4 is 11.6 Å².